The second-order valence-electron chi connectivity index (χ2n) is 6.54. The lowest BCUT2D eigenvalue weighted by atomic mass is 10.1. The maximum atomic E-state index is 2.37. The van der Waals surface area contributed by atoms with Crippen LogP contribution in [0.25, 0.3) is 0 Å². The molecule has 0 radical (unpaired) electrons. The normalized spacial score (nSPS) is 10.7. The number of aryl methyl sites for hydroxylation is 2. The van der Waals surface area contributed by atoms with Crippen LogP contribution in [0, 0.1) is 6.92 Å². The molecule has 1 rings (SSSR count). The van der Waals surface area contributed by atoms with Gasteiger partial charge in [-0.3, -0.25) is 0 Å². The van der Waals surface area contributed by atoms with E-state index in [9.17, 15) is 0 Å². The Morgan fingerprint density at radius 3 is 1.68 bits per heavy atom. The molecule has 130 valence electrons. The summed E-state index contributed by atoms with van der Waals surface area (Å²) in [5, 5.41) is 0. The Morgan fingerprint density at radius 2 is 1.27 bits per heavy atom. The van der Waals surface area contributed by atoms with Gasteiger partial charge in [-0.1, -0.05) is 71.1 Å². The molecule has 0 spiro atoms. The zero-order valence-electron chi connectivity index (χ0n) is 15.1. The number of nitrogens with zero attached hydrogens (tertiary/aromatic N) is 2. The summed E-state index contributed by atoms with van der Waals surface area (Å²) in [5.41, 5.74) is 0. The van der Waals surface area contributed by atoms with Crippen molar-refractivity contribution in [1.29, 1.82) is 0 Å². The highest BCUT2D eigenvalue weighted by Crippen LogP contribution is 2.12. The second-order valence-corrected chi connectivity index (χ2v) is 6.54. The molecule has 2 nitrogen and oxygen atoms in total. The van der Waals surface area contributed by atoms with Crippen LogP contribution in [0.4, 0.5) is 0 Å². The standard InChI is InChI=1S/C19H37N2.HI/c1-4-5-6-7-8-9-10-11-12-13-14-15-16-21-18-17-20(3)19(21)2;/h17-18H,4-16H2,1-3H3;1H/q+1;/p-1. The highest BCUT2D eigenvalue weighted by molar-refractivity contribution is 4.78. The molecular formula is C19H37IN2. The zero-order valence-corrected chi connectivity index (χ0v) is 17.3. The predicted octanol–water partition coefficient (Wildman–Crippen LogP) is 2.33. The number of hydrogen-bond acceptors (Lipinski definition) is 0. The molecule has 0 atom stereocenters. The first-order chi connectivity index (χ1) is 10.3. The van der Waals surface area contributed by atoms with Crippen LogP contribution >= 0.6 is 0 Å². The number of hydrogen-bond donors (Lipinski definition) is 0. The van der Waals surface area contributed by atoms with E-state index >= 15 is 0 Å². The SMILES string of the molecule is CCCCCCCCCCCCCCn1cc[n+](C)c1C.[I-]. The lowest BCUT2D eigenvalue weighted by Crippen LogP contribution is -3.00. The Balaban J connectivity index is 0.00000441. The van der Waals surface area contributed by atoms with Crippen molar-refractivity contribution >= 4 is 0 Å². The van der Waals surface area contributed by atoms with Gasteiger partial charge >= 0.3 is 0 Å². The zero-order chi connectivity index (χ0) is 15.3. The van der Waals surface area contributed by atoms with Crippen molar-refractivity contribution < 1.29 is 28.5 Å². The van der Waals surface area contributed by atoms with Gasteiger partial charge in [0.2, 0.25) is 0 Å². The Kier molecular flexibility index (Phi) is 14.5. The van der Waals surface area contributed by atoms with Crippen LogP contribution in [0.3, 0.4) is 0 Å². The van der Waals surface area contributed by atoms with Crippen molar-refractivity contribution in [3.05, 3.63) is 18.2 Å². The van der Waals surface area contributed by atoms with E-state index < -0.39 is 0 Å². The van der Waals surface area contributed by atoms with Crippen LogP contribution in [0.15, 0.2) is 12.4 Å². The molecular weight excluding hydrogens is 383 g/mol. The number of imidazole rings is 1. The van der Waals surface area contributed by atoms with Crippen LogP contribution in [0.1, 0.15) is 89.8 Å². The van der Waals surface area contributed by atoms with Gasteiger partial charge in [0.25, 0.3) is 5.82 Å². The summed E-state index contributed by atoms with van der Waals surface area (Å²) in [6, 6.07) is 0. The van der Waals surface area contributed by atoms with Gasteiger partial charge in [0.1, 0.15) is 12.4 Å². The molecule has 1 heterocycles. The largest absolute Gasteiger partial charge is 1.00 e. The highest BCUT2D eigenvalue weighted by Gasteiger charge is 2.07. The first-order valence-electron chi connectivity index (χ1n) is 9.27. The van der Waals surface area contributed by atoms with Gasteiger partial charge < -0.3 is 24.0 Å². The van der Waals surface area contributed by atoms with Gasteiger partial charge in [0.15, 0.2) is 0 Å². The lowest BCUT2D eigenvalue weighted by Gasteiger charge is -2.03. The van der Waals surface area contributed by atoms with E-state index in [1.807, 2.05) is 0 Å². The first-order valence-corrected chi connectivity index (χ1v) is 9.27. The van der Waals surface area contributed by atoms with Gasteiger partial charge in [0.05, 0.1) is 13.6 Å². The third-order valence-electron chi connectivity index (χ3n) is 4.65. The Labute approximate surface area is 155 Å². The number of rotatable bonds is 13. The molecule has 3 heteroatoms. The molecule has 0 fully saturated rings. The van der Waals surface area contributed by atoms with Crippen molar-refractivity contribution in [2.24, 2.45) is 7.05 Å². The van der Waals surface area contributed by atoms with E-state index in [1.54, 1.807) is 0 Å². The fraction of sp³-hybridized carbons (Fsp3) is 0.842. The van der Waals surface area contributed by atoms with E-state index in [0.717, 1.165) is 0 Å². The molecule has 1 aromatic rings. The molecule has 0 N–H and O–H groups in total. The third-order valence-corrected chi connectivity index (χ3v) is 4.65. The summed E-state index contributed by atoms with van der Waals surface area (Å²) in [7, 11) is 2.12. The molecule has 0 saturated carbocycles. The number of aromatic nitrogens is 2. The molecule has 0 aromatic carbocycles. The van der Waals surface area contributed by atoms with Crippen molar-refractivity contribution in [3.8, 4) is 0 Å². The summed E-state index contributed by atoms with van der Waals surface area (Å²) in [4.78, 5) is 0. The molecule has 0 aliphatic rings. The van der Waals surface area contributed by atoms with Crippen LogP contribution < -0.4 is 28.5 Å². The third kappa shape index (κ3) is 9.86. The van der Waals surface area contributed by atoms with Crippen molar-refractivity contribution in [2.45, 2.75) is 97.4 Å². The van der Waals surface area contributed by atoms with E-state index in [1.165, 1.54) is 89.4 Å². The Bertz CT molecular complexity index is 360. The van der Waals surface area contributed by atoms with Gasteiger partial charge in [-0.15, -0.1) is 0 Å². The summed E-state index contributed by atoms with van der Waals surface area (Å²) < 4.78 is 4.57. The smallest absolute Gasteiger partial charge is 0.253 e. The minimum absolute atomic E-state index is 0. The number of unbranched alkanes of at least 4 members (excludes halogenated alkanes) is 11. The summed E-state index contributed by atoms with van der Waals surface area (Å²) in [6.45, 7) is 5.67. The van der Waals surface area contributed by atoms with Gasteiger partial charge in [-0.05, 0) is 12.8 Å². The monoisotopic (exact) mass is 420 g/mol. The van der Waals surface area contributed by atoms with Crippen molar-refractivity contribution in [3.63, 3.8) is 0 Å². The Hall–Kier alpha value is -0.0600. The predicted molar refractivity (Wildman–Crippen MR) is 91.4 cm³/mol. The average Bonchev–Trinajstić information content (AvgIpc) is 2.80. The van der Waals surface area contributed by atoms with Gasteiger partial charge in [-0.2, -0.15) is 0 Å². The Morgan fingerprint density at radius 1 is 0.818 bits per heavy atom. The second kappa shape index (κ2) is 14.5. The lowest BCUT2D eigenvalue weighted by molar-refractivity contribution is -0.677. The van der Waals surface area contributed by atoms with Crippen LogP contribution in [-0.2, 0) is 13.6 Å². The van der Waals surface area contributed by atoms with E-state index in [0.29, 0.717) is 0 Å². The van der Waals surface area contributed by atoms with E-state index in [-0.39, 0.29) is 24.0 Å². The fourth-order valence-corrected chi connectivity index (χ4v) is 2.96. The fourth-order valence-electron chi connectivity index (χ4n) is 2.96. The molecule has 0 saturated heterocycles. The molecule has 0 unspecified atom stereocenters. The first kappa shape index (κ1) is 21.9. The number of halogens is 1. The quantitative estimate of drug-likeness (QED) is 0.263. The maximum absolute atomic E-state index is 2.37. The topological polar surface area (TPSA) is 8.81 Å². The summed E-state index contributed by atoms with van der Waals surface area (Å²) >= 11 is 0. The molecule has 0 amide bonds. The van der Waals surface area contributed by atoms with Gasteiger partial charge in [-0.25, -0.2) is 9.13 Å². The minimum atomic E-state index is 0. The van der Waals surface area contributed by atoms with E-state index in [2.05, 4.69) is 42.4 Å². The van der Waals surface area contributed by atoms with Crippen molar-refractivity contribution in [2.75, 3.05) is 0 Å². The molecule has 0 aliphatic carbocycles. The highest BCUT2D eigenvalue weighted by atomic mass is 127. The molecule has 1 aromatic heterocycles. The molecule has 22 heavy (non-hydrogen) atoms. The average molecular weight is 420 g/mol. The maximum Gasteiger partial charge on any atom is 0.253 e. The van der Waals surface area contributed by atoms with Gasteiger partial charge in [0, 0.05) is 6.92 Å². The minimum Gasteiger partial charge on any atom is -1.00 e. The van der Waals surface area contributed by atoms with Crippen LogP contribution in [-0.4, -0.2) is 4.57 Å². The molecule has 0 aliphatic heterocycles. The van der Waals surface area contributed by atoms with Crippen LogP contribution in [0.2, 0.25) is 0 Å². The summed E-state index contributed by atoms with van der Waals surface area (Å²) in [6.07, 6.45) is 21.5. The van der Waals surface area contributed by atoms with Crippen LogP contribution in [0.5, 0.6) is 0 Å². The van der Waals surface area contributed by atoms with Crippen molar-refractivity contribution in [1.82, 2.24) is 4.57 Å². The van der Waals surface area contributed by atoms with E-state index in [4.69, 9.17) is 0 Å². The molecule has 0 bridgehead atoms. The summed E-state index contributed by atoms with van der Waals surface area (Å²) in [5.74, 6) is 1.36.